The Labute approximate surface area is 646 Å². The maximum atomic E-state index is 14.8. The molecule has 6 rings (SSSR count). The molecule has 0 spiro atoms. The van der Waals surface area contributed by atoms with Gasteiger partial charge in [0.15, 0.2) is 35.8 Å². The third-order valence-corrected chi connectivity index (χ3v) is 17.9. The molecule has 0 aromatic carbocycles. The van der Waals surface area contributed by atoms with Crippen LogP contribution in [-0.4, -0.2) is 180 Å². The molecule has 111 heavy (non-hydrogen) atoms. The highest BCUT2D eigenvalue weighted by molar-refractivity contribution is 5.10. The van der Waals surface area contributed by atoms with Crippen molar-refractivity contribution >= 4 is 0 Å². The van der Waals surface area contributed by atoms with Crippen LogP contribution in [0.25, 0.3) is 0 Å². The lowest BCUT2D eigenvalue weighted by atomic mass is 9.69. The Bertz CT molecular complexity index is 1860. The summed E-state index contributed by atoms with van der Waals surface area (Å²) in [7, 11) is 2.00. The number of halogens is 33. The number of aliphatic hydroxyl groups is 4. The average molecular weight is 1730 g/mol. The van der Waals surface area contributed by atoms with E-state index in [4.69, 9.17) is 9.84 Å². The summed E-state index contributed by atoms with van der Waals surface area (Å²) >= 11 is 0. The monoisotopic (exact) mass is 1730 g/mol. The van der Waals surface area contributed by atoms with Crippen molar-refractivity contribution in [3.63, 3.8) is 0 Å². The van der Waals surface area contributed by atoms with E-state index >= 15 is 0 Å². The van der Waals surface area contributed by atoms with E-state index in [1.165, 1.54) is 27.7 Å². The number of hydrogen-bond donors (Lipinski definition) is 4. The molecule has 0 amide bonds. The lowest BCUT2D eigenvalue weighted by Crippen LogP contribution is -2.52. The molecule has 6 saturated carbocycles. The van der Waals surface area contributed by atoms with Crippen LogP contribution in [0.15, 0.2) is 0 Å². The third-order valence-electron chi connectivity index (χ3n) is 17.9. The maximum absolute atomic E-state index is 14.8. The Morgan fingerprint density at radius 2 is 0.676 bits per heavy atom. The number of ether oxygens (including phenoxy) is 1. The minimum atomic E-state index is -4.78. The number of hydrogen-bond acceptors (Lipinski definition) is 5. The second-order valence-electron chi connectivity index (χ2n) is 25.0. The Morgan fingerprint density at radius 3 is 0.892 bits per heavy atom. The van der Waals surface area contributed by atoms with Crippen molar-refractivity contribution in [1.29, 1.82) is 0 Å². The van der Waals surface area contributed by atoms with E-state index in [0.717, 1.165) is 46.5 Å². The van der Waals surface area contributed by atoms with Gasteiger partial charge in [0.1, 0.15) is 5.67 Å². The first-order valence-electron chi connectivity index (χ1n) is 32.4. The second-order valence-corrected chi connectivity index (χ2v) is 25.0. The summed E-state index contributed by atoms with van der Waals surface area (Å²) in [6.07, 6.45) is -22.9. The lowest BCUT2D eigenvalue weighted by Gasteiger charge is -2.41. The van der Waals surface area contributed by atoms with Crippen molar-refractivity contribution < 1.29 is 170 Å². The molecule has 0 saturated heterocycles. The van der Waals surface area contributed by atoms with E-state index in [9.17, 15) is 160 Å². The van der Waals surface area contributed by atoms with Crippen molar-refractivity contribution in [2.75, 3.05) is 82.6 Å². The van der Waals surface area contributed by atoms with Gasteiger partial charge in [0.05, 0.1) is 67.6 Å². The van der Waals surface area contributed by atoms with Gasteiger partial charge in [-0.25, -0.2) is 30.7 Å². The van der Waals surface area contributed by atoms with Gasteiger partial charge in [-0.05, 0) is 191 Å². The normalized spacial score (nSPS) is 25.9. The van der Waals surface area contributed by atoms with Gasteiger partial charge >= 0.3 is 37.1 Å². The Kier molecular flexibility index (Phi) is 102. The third kappa shape index (κ3) is 59.8. The molecular formula is C73H149F33O5. The molecule has 0 radical (unpaired) electrons. The summed E-state index contributed by atoms with van der Waals surface area (Å²) in [5.74, 6) is 0.190. The smallest absolute Gasteiger partial charge is 0.381 e. The van der Waals surface area contributed by atoms with Crippen molar-refractivity contribution in [3.8, 4) is 0 Å². The summed E-state index contributed by atoms with van der Waals surface area (Å²) < 4.78 is 373. The van der Waals surface area contributed by atoms with Crippen LogP contribution in [0, 0.1) is 76.9 Å². The van der Waals surface area contributed by atoms with Gasteiger partial charge in [0, 0.05) is 12.3 Å². The predicted octanol–water partition coefficient (Wildman–Crippen LogP) is 29.3. The molecule has 38 heteroatoms. The fraction of sp³-hybridized carbons (Fsp3) is 1.00. The van der Waals surface area contributed by atoms with E-state index in [-0.39, 0.29) is 153 Å². The number of rotatable bonds is 10. The van der Waals surface area contributed by atoms with Crippen LogP contribution < -0.4 is 0 Å². The van der Waals surface area contributed by atoms with Gasteiger partial charge in [-0.1, -0.05) is 114 Å². The molecule has 702 valence electrons. The van der Waals surface area contributed by atoms with Crippen LogP contribution in [-0.2, 0) is 4.74 Å². The molecule has 0 heterocycles. The van der Waals surface area contributed by atoms with Crippen LogP contribution in [0.3, 0.4) is 0 Å². The zero-order valence-corrected chi connectivity index (χ0v) is 62.3. The summed E-state index contributed by atoms with van der Waals surface area (Å²) in [5, 5.41) is 38.2. The first-order valence-corrected chi connectivity index (χ1v) is 32.4. The van der Waals surface area contributed by atoms with E-state index in [0.29, 0.717) is 85.0 Å². The van der Waals surface area contributed by atoms with E-state index in [1.54, 1.807) is 13.8 Å². The Balaban J connectivity index is -0.0000000555. The molecule has 5 nitrogen and oxygen atoms in total. The van der Waals surface area contributed by atoms with E-state index < -0.39 is 111 Å². The zero-order chi connectivity index (χ0) is 85.3. The van der Waals surface area contributed by atoms with Crippen LogP contribution >= 0.6 is 0 Å². The van der Waals surface area contributed by atoms with Crippen molar-refractivity contribution in [1.82, 2.24) is 0 Å². The highest BCUT2D eigenvalue weighted by atomic mass is 19.4. The topological polar surface area (TPSA) is 90.2 Å². The molecule has 0 aliphatic heterocycles. The van der Waals surface area contributed by atoms with E-state index in [2.05, 4.69) is 6.92 Å². The fourth-order valence-corrected chi connectivity index (χ4v) is 12.4. The van der Waals surface area contributed by atoms with Crippen molar-refractivity contribution in [2.45, 2.75) is 318 Å². The molecular weight excluding hydrogens is 1580 g/mol. The van der Waals surface area contributed by atoms with Crippen LogP contribution in [0.2, 0.25) is 0 Å². The molecule has 0 aromatic heterocycles. The molecule has 0 aromatic rings. The van der Waals surface area contributed by atoms with Gasteiger partial charge in [-0.3, -0.25) is 35.1 Å². The highest BCUT2D eigenvalue weighted by Crippen LogP contribution is 2.62. The molecule has 6 aliphatic rings. The summed E-state index contributed by atoms with van der Waals surface area (Å²) in [4.78, 5) is 0. The first kappa shape index (κ1) is 153. The fourth-order valence-electron chi connectivity index (χ4n) is 12.4. The minimum absolute atomic E-state index is 0. The first-order chi connectivity index (χ1) is 46.6. The second kappa shape index (κ2) is 73.8. The SMILES string of the molecule is C.C.C.C.C.C.C.C.CC1C2CC(C1C)C(C(C)(O)C(F)(F)F)C2.CC1C2CC(C1C)C(F)(CC(C)(O)C(F)(F)F)C2.CCC(C)CC(C)(O)C(F)(F)F.CCC(C)OC1CC2CC1C(C(C)(O)C(F)(F)F)C2.CCF.CCF.CCF.CCF.CF.CF.CF.CF.FCC(F)(F)F.FCC(F)(F)F.FCF.FCF. The van der Waals surface area contributed by atoms with Gasteiger partial charge < -0.3 is 25.2 Å². The van der Waals surface area contributed by atoms with E-state index in [1.807, 2.05) is 34.6 Å². The largest absolute Gasteiger partial charge is 0.417 e. The molecule has 6 aliphatic carbocycles. The molecule has 6 fully saturated rings. The summed E-state index contributed by atoms with van der Waals surface area (Å²) in [6, 6.07) is 0. The number of fused-ring (bicyclic) bond motifs is 6. The zero-order valence-electron chi connectivity index (χ0n) is 62.3. The predicted molar refractivity (Wildman–Crippen MR) is 388 cm³/mol. The average Bonchev–Trinajstić information content (AvgIpc) is 1.61. The Morgan fingerprint density at radius 1 is 0.387 bits per heavy atom. The van der Waals surface area contributed by atoms with Crippen molar-refractivity contribution in [3.05, 3.63) is 0 Å². The minimum Gasteiger partial charge on any atom is -0.381 e. The summed E-state index contributed by atoms with van der Waals surface area (Å²) in [5.41, 5.74) is -12.4. The molecule has 4 N–H and O–H groups in total. The molecule has 20 atom stereocenters. The Hall–Kier alpha value is -2.51. The number of alkyl halides is 33. The molecule has 20 unspecified atom stereocenters. The van der Waals surface area contributed by atoms with Gasteiger partial charge in [-0.2, -0.15) is 79.0 Å². The quantitative estimate of drug-likeness (QED) is 0.164. The standard InChI is InChI=1S/C14H23F3O2.C13H20F4O.C12H19F3O.C8H15F3O.2C2H2F4.4C2H5F.2CH2F2.4CH3F.8CH4/c1-4-8(2)19-12-7-9-5-10(12)11(6-9)13(3,18)14(15,16)17;1-7-8(2)10-4-9(7)5-12(10,14)6-11(3,18)13(15,16)17;1-6-7(2)9-4-8(6)5-10(9)11(3,16)12(13,14)15;1-4-6(2)5-7(3,12)8(9,10)11;2*3-1-2(4,5)6;4*1-2-3;2*2-1-3;4*1-2;;;;;;;;/h8-12,18H,4-7H2,1-3H3;7-10,18H,4-6H2,1-3H3;6-10,16H,4-5H2,1-3H3;6,12H,4-5H2,1-3H3;2*1H2;4*2H2,1H3;2*1H2;4*1H3;8*1H4. The van der Waals surface area contributed by atoms with Gasteiger partial charge in [-0.15, -0.1) is 0 Å². The summed E-state index contributed by atoms with van der Waals surface area (Å²) in [6.45, 7) is 15.8. The molecule has 6 bridgehead atoms. The van der Waals surface area contributed by atoms with Crippen LogP contribution in [0.1, 0.15) is 241 Å². The maximum Gasteiger partial charge on any atom is 0.417 e. The van der Waals surface area contributed by atoms with Crippen LogP contribution in [0.4, 0.5) is 145 Å². The van der Waals surface area contributed by atoms with Crippen LogP contribution in [0.5, 0.6) is 0 Å². The van der Waals surface area contributed by atoms with Gasteiger partial charge in [0.2, 0.25) is 13.9 Å². The van der Waals surface area contributed by atoms with Gasteiger partial charge in [0.25, 0.3) is 0 Å². The highest BCUT2D eigenvalue weighted by Gasteiger charge is 2.66. The van der Waals surface area contributed by atoms with Crippen molar-refractivity contribution in [2.24, 2.45) is 76.9 Å². The lowest BCUT2D eigenvalue weighted by molar-refractivity contribution is -0.281.